The largest absolute Gasteiger partial charge is 0.472 e. The number of fused-ring (bicyclic) bond motifs is 7. The Labute approximate surface area is 523 Å². The number of aliphatic hydroxyl groups excluding tert-OH is 2. The molecule has 2 saturated heterocycles. The molecule has 1 aromatic carbocycles. The van der Waals surface area contributed by atoms with Crippen molar-refractivity contribution in [2.75, 3.05) is 13.2 Å². The van der Waals surface area contributed by atoms with Crippen molar-refractivity contribution in [1.29, 1.82) is 0 Å². The van der Waals surface area contributed by atoms with Crippen LogP contribution in [0.2, 0.25) is 0 Å². The van der Waals surface area contributed by atoms with Gasteiger partial charge >= 0.3 is 7.82 Å². The molecule has 1 aromatic heterocycles. The number of nitrogens with zero attached hydrogens (tertiary/aromatic N) is 5. The van der Waals surface area contributed by atoms with E-state index >= 15 is 0 Å². The first-order valence-corrected chi connectivity index (χ1v) is 32.1. The molecule has 492 valence electrons. The molecular formula is C62H90N13O14P. The van der Waals surface area contributed by atoms with Crippen LogP contribution in [-0.2, 0) is 51.9 Å². The van der Waals surface area contributed by atoms with Gasteiger partial charge in [0.25, 0.3) is 0 Å². The van der Waals surface area contributed by atoms with Crippen LogP contribution in [0.3, 0.4) is 0 Å². The third-order valence-electron chi connectivity index (χ3n) is 20.6. The van der Waals surface area contributed by atoms with Crippen molar-refractivity contribution < 1.29 is 67.0 Å². The highest BCUT2D eigenvalue weighted by molar-refractivity contribution is 7.47. The smallest absolute Gasteiger partial charge is 0.394 e. The average Bonchev–Trinajstić information content (AvgIpc) is 1.53. The summed E-state index contributed by atoms with van der Waals surface area (Å²) in [5.74, 6) is -7.18. The molecule has 15 atom stereocenters. The lowest BCUT2D eigenvalue weighted by Gasteiger charge is -2.48. The second-order valence-electron chi connectivity index (χ2n) is 27.1. The van der Waals surface area contributed by atoms with Gasteiger partial charge in [0, 0.05) is 131 Å². The zero-order chi connectivity index (χ0) is 66.7. The fourth-order valence-corrected chi connectivity index (χ4v) is 16.6. The summed E-state index contributed by atoms with van der Waals surface area (Å²) in [7, 11) is -5.07. The van der Waals surface area contributed by atoms with Crippen LogP contribution in [0.15, 0.2) is 67.8 Å². The number of allylic oxidation sites excluding steroid dienone is 6. The number of phosphoric ester groups is 1. The first kappa shape index (κ1) is 68.9. The molecule has 2 fully saturated rings. The minimum absolute atomic E-state index is 0.0114. The molecule has 28 heteroatoms. The van der Waals surface area contributed by atoms with Gasteiger partial charge in [-0.2, -0.15) is 0 Å². The highest BCUT2D eigenvalue weighted by Crippen LogP contribution is 2.63. The second kappa shape index (κ2) is 25.6. The van der Waals surface area contributed by atoms with Crippen molar-refractivity contribution in [1.82, 2.24) is 20.2 Å². The Kier molecular flexibility index (Phi) is 19.6. The van der Waals surface area contributed by atoms with Crippen molar-refractivity contribution in [3.63, 3.8) is 0 Å². The topological polar surface area (TPSA) is 460 Å². The molecule has 2 aromatic rings. The molecule has 27 nitrogen and oxygen atoms in total. The van der Waals surface area contributed by atoms with Crippen molar-refractivity contribution in [2.45, 2.75) is 189 Å². The normalized spacial score (nSPS) is 33.4. The van der Waals surface area contributed by atoms with Gasteiger partial charge in [-0.05, 0) is 108 Å². The van der Waals surface area contributed by atoms with Crippen LogP contribution in [0.4, 0.5) is 0 Å². The quantitative estimate of drug-likeness (QED) is 0.0603. The van der Waals surface area contributed by atoms with Gasteiger partial charge in [-0.1, -0.05) is 34.6 Å². The maximum atomic E-state index is 14.4. The van der Waals surface area contributed by atoms with Gasteiger partial charge in [0.05, 0.1) is 41.7 Å². The van der Waals surface area contributed by atoms with Crippen LogP contribution in [0.25, 0.3) is 11.0 Å². The molecule has 17 N–H and O–H groups in total. The molecule has 7 heterocycles. The Bertz CT molecular complexity index is 3540. The molecule has 8 rings (SSSR count). The number of ether oxygens (including phenoxy) is 1. The maximum Gasteiger partial charge on any atom is 0.472 e. The van der Waals surface area contributed by atoms with E-state index in [1.165, 1.54) is 13.3 Å². The van der Waals surface area contributed by atoms with Gasteiger partial charge < -0.3 is 69.4 Å². The number of aryl methyl sites for hydroxylation is 2. The number of rotatable bonds is 26. The van der Waals surface area contributed by atoms with Crippen molar-refractivity contribution >= 4 is 77.3 Å². The summed E-state index contributed by atoms with van der Waals surface area (Å²) in [5, 5.41) is 28.2. The maximum absolute atomic E-state index is 14.4. The molecule has 6 aliphatic rings. The van der Waals surface area contributed by atoms with E-state index in [2.05, 4.69) is 15.6 Å². The van der Waals surface area contributed by atoms with E-state index in [1.807, 2.05) is 87.4 Å². The fourth-order valence-electron chi connectivity index (χ4n) is 15.4. The summed E-state index contributed by atoms with van der Waals surface area (Å²) in [4.78, 5) is 126. The van der Waals surface area contributed by atoms with Gasteiger partial charge in [-0.3, -0.25) is 57.6 Å². The standard InChI is InChI=1S/C62H90N13O14P/c1-29-20-39-40(21-30(29)2)75(28-70-39)57-52(84)53(41(27-76)87-57)89-90(85,86)88-31(3)26-69-49(83)18-19-59(8)37(22-46(66)80)56-62(11)61(10,25-48(68)82)36(14-17-45(65)79)51(74-62)33(5)55-60(9,24-47(67)81)34(12-15-43(63)77)38(71-55)23-42-58(6,7)35(13-16-44(64)78)50(72-42)32(4)54(59)73-56/h20-21,23,28,31,34-37,41,52-53,56-57,71,76,84H,12-19,22,24-27H2,1-11H3,(H2,63,77)(H2,64,78)(H2,65,79)(H2,66,80)(H2,67,81)(H2,68,82)(H,69,83)(H,85,86)/b38-23-,50-32-,55-33?/t31?,34-,35-,36-,37+,41+,52+,53+,56-,57-,59-,60+,61+,62+/m1/s1. The van der Waals surface area contributed by atoms with Gasteiger partial charge in [0.1, 0.15) is 18.3 Å². The SMILES string of the molecule is CC1=C2N/C(=C\C3=NC(=C(/C)C4=N[C@H]([C@H](CC(N)=O)[C@@]4(C)CCC(=O)NCC(C)OP(=O)(O)O[C@@H]4[C@H](O)[C@H](n5cnc6cc(C)c(C)cc65)O[C@H]4CO)[C@]4(C)N=C1[C@@H](CCC(N)=O)[C@]4(C)CC(N)=O)/[C@@H](CCC(N)=O)C3(C)C)[C@@H](CCC(N)=O)[C@]2(C)CC(N)=O. The van der Waals surface area contributed by atoms with Crippen LogP contribution in [0, 0.1) is 59.2 Å². The number of benzene rings is 1. The molecule has 0 radical (unpaired) electrons. The number of primary amides is 6. The van der Waals surface area contributed by atoms with Crippen molar-refractivity contribution in [3.8, 4) is 0 Å². The number of imidazole rings is 1. The predicted octanol–water partition coefficient (Wildman–Crippen LogP) is 3.16. The number of aromatic nitrogens is 2. The summed E-state index contributed by atoms with van der Waals surface area (Å²) in [6, 6.07) is 2.70. The highest BCUT2D eigenvalue weighted by Gasteiger charge is 2.66. The summed E-state index contributed by atoms with van der Waals surface area (Å²) < 4.78 is 32.3. The minimum atomic E-state index is -5.07. The number of hydrogen-bond donors (Lipinski definition) is 11. The first-order valence-electron chi connectivity index (χ1n) is 30.6. The van der Waals surface area contributed by atoms with E-state index in [-0.39, 0.29) is 77.2 Å². The Morgan fingerprint density at radius 1 is 0.800 bits per heavy atom. The fraction of sp³-hybridized carbons (Fsp3) is 0.629. The molecule has 0 aliphatic carbocycles. The molecular weight excluding hydrogens is 1180 g/mol. The molecule has 0 saturated carbocycles. The van der Waals surface area contributed by atoms with Crippen LogP contribution in [0.1, 0.15) is 150 Å². The molecule has 7 amide bonds. The van der Waals surface area contributed by atoms with Crippen LogP contribution < -0.4 is 45.0 Å². The average molecular weight is 1270 g/mol. The lowest BCUT2D eigenvalue weighted by molar-refractivity contribution is -0.124. The van der Waals surface area contributed by atoms with Crippen LogP contribution >= 0.6 is 7.82 Å². The van der Waals surface area contributed by atoms with Gasteiger partial charge in [-0.15, -0.1) is 0 Å². The summed E-state index contributed by atoms with van der Waals surface area (Å²) in [6.07, 6.45) is -4.26. The van der Waals surface area contributed by atoms with Crippen molar-refractivity contribution in [2.24, 2.45) is 94.7 Å². The number of aliphatic imine (C=N–C) groups is 3. The third-order valence-corrected chi connectivity index (χ3v) is 21.7. The van der Waals surface area contributed by atoms with E-state index in [4.69, 9.17) is 63.2 Å². The Morgan fingerprint density at radius 3 is 1.99 bits per heavy atom. The predicted molar refractivity (Wildman–Crippen MR) is 334 cm³/mol. The summed E-state index contributed by atoms with van der Waals surface area (Å²) in [6.45, 7) is 19.3. The van der Waals surface area contributed by atoms with E-state index in [9.17, 15) is 53.2 Å². The van der Waals surface area contributed by atoms with Crippen molar-refractivity contribution in [3.05, 3.63) is 63.9 Å². The monoisotopic (exact) mass is 1270 g/mol. The lowest BCUT2D eigenvalue weighted by atomic mass is 9.55. The summed E-state index contributed by atoms with van der Waals surface area (Å²) >= 11 is 0. The number of nitrogens with two attached hydrogens (primary N) is 6. The Balaban J connectivity index is 1.19. The van der Waals surface area contributed by atoms with E-state index < -0.39 is 143 Å². The second-order valence-corrected chi connectivity index (χ2v) is 28.4. The number of hydrogen-bond acceptors (Lipinski definition) is 18. The zero-order valence-electron chi connectivity index (χ0n) is 53.3. The minimum Gasteiger partial charge on any atom is -0.394 e. The Morgan fingerprint density at radius 2 is 1.40 bits per heavy atom. The van der Waals surface area contributed by atoms with Crippen LogP contribution in [-0.4, -0.2) is 132 Å². The molecule has 0 spiro atoms. The number of nitrogens with one attached hydrogen (secondary N) is 2. The van der Waals surface area contributed by atoms with Crippen LogP contribution in [0.5, 0.6) is 0 Å². The Hall–Kier alpha value is -7.00. The molecule has 2 unspecified atom stereocenters. The number of amides is 7. The molecule has 8 bridgehead atoms. The summed E-state index contributed by atoms with van der Waals surface area (Å²) in [5.41, 5.74) is 37.4. The van der Waals surface area contributed by atoms with E-state index in [0.717, 1.165) is 11.1 Å². The highest BCUT2D eigenvalue weighted by atomic mass is 31.2. The number of aliphatic hydroxyl groups is 2. The molecule has 6 aliphatic heterocycles. The molecule has 90 heavy (non-hydrogen) atoms. The van der Waals surface area contributed by atoms with Gasteiger partial charge in [0.15, 0.2) is 6.23 Å². The lowest BCUT2D eigenvalue weighted by Crippen LogP contribution is -2.56. The van der Waals surface area contributed by atoms with Gasteiger partial charge in [-0.25, -0.2) is 9.55 Å². The first-order chi connectivity index (χ1) is 41.8. The third kappa shape index (κ3) is 13.0. The number of carbonyl (C=O) groups excluding carboxylic acids is 7. The van der Waals surface area contributed by atoms with Gasteiger partial charge in [0.2, 0.25) is 41.4 Å². The number of carbonyl (C=O) groups is 7. The zero-order valence-corrected chi connectivity index (χ0v) is 54.1. The van der Waals surface area contributed by atoms with E-state index in [0.29, 0.717) is 56.4 Å². The number of phosphoric acid groups is 1. The van der Waals surface area contributed by atoms with E-state index in [1.54, 1.807) is 4.57 Å².